The first-order valence-electron chi connectivity index (χ1n) is 4.79. The third-order valence-corrected chi connectivity index (χ3v) is 2.42. The standard InChI is InChI=1S/C10H16O4/c1-6(2)8-4-7(11)9(14-8)5-10(12)13-3/h6,8-9H,4-5H2,1-3H3/t8-,9-/m0/s1. The van der Waals surface area contributed by atoms with Gasteiger partial charge in [-0.1, -0.05) is 13.8 Å². The average molecular weight is 200 g/mol. The van der Waals surface area contributed by atoms with Gasteiger partial charge in [-0.3, -0.25) is 9.59 Å². The lowest BCUT2D eigenvalue weighted by molar-refractivity contribution is -0.146. The minimum Gasteiger partial charge on any atom is -0.469 e. The fourth-order valence-electron chi connectivity index (χ4n) is 1.45. The van der Waals surface area contributed by atoms with E-state index in [1.165, 1.54) is 7.11 Å². The molecule has 14 heavy (non-hydrogen) atoms. The van der Waals surface area contributed by atoms with Crippen LogP contribution in [0.4, 0.5) is 0 Å². The zero-order valence-electron chi connectivity index (χ0n) is 8.78. The molecule has 0 aromatic heterocycles. The third-order valence-electron chi connectivity index (χ3n) is 2.42. The number of hydrogen-bond donors (Lipinski definition) is 0. The molecule has 0 unspecified atom stereocenters. The lowest BCUT2D eigenvalue weighted by Crippen LogP contribution is -2.22. The molecular formula is C10H16O4. The minimum atomic E-state index is -0.588. The van der Waals surface area contributed by atoms with E-state index in [0.29, 0.717) is 12.3 Å². The molecular weight excluding hydrogens is 184 g/mol. The van der Waals surface area contributed by atoms with Gasteiger partial charge >= 0.3 is 5.97 Å². The summed E-state index contributed by atoms with van der Waals surface area (Å²) in [5, 5.41) is 0. The molecule has 1 saturated heterocycles. The first-order chi connectivity index (χ1) is 6.54. The summed E-state index contributed by atoms with van der Waals surface area (Å²) in [7, 11) is 1.31. The molecule has 1 rings (SSSR count). The summed E-state index contributed by atoms with van der Waals surface area (Å²) in [6, 6.07) is 0. The van der Waals surface area contributed by atoms with Crippen molar-refractivity contribution >= 4 is 11.8 Å². The van der Waals surface area contributed by atoms with Gasteiger partial charge in [0.15, 0.2) is 5.78 Å². The molecule has 1 heterocycles. The van der Waals surface area contributed by atoms with Crippen LogP contribution < -0.4 is 0 Å². The topological polar surface area (TPSA) is 52.6 Å². The second kappa shape index (κ2) is 4.55. The summed E-state index contributed by atoms with van der Waals surface area (Å²) in [6.07, 6.45) is -0.176. The van der Waals surface area contributed by atoms with E-state index in [-0.39, 0.29) is 18.3 Å². The van der Waals surface area contributed by atoms with Gasteiger partial charge in [0.25, 0.3) is 0 Å². The Balaban J connectivity index is 2.49. The van der Waals surface area contributed by atoms with Crippen LogP contribution in [0.2, 0.25) is 0 Å². The van der Waals surface area contributed by atoms with E-state index in [1.54, 1.807) is 0 Å². The molecule has 0 N–H and O–H groups in total. The highest BCUT2D eigenvalue weighted by molar-refractivity contribution is 5.89. The third kappa shape index (κ3) is 2.54. The maximum absolute atomic E-state index is 11.4. The number of Topliss-reactive ketones (excluding diaryl/α,β-unsaturated/α-hetero) is 1. The van der Waals surface area contributed by atoms with Crippen LogP contribution in [0.1, 0.15) is 26.7 Å². The van der Waals surface area contributed by atoms with Crippen molar-refractivity contribution in [1.82, 2.24) is 0 Å². The fraction of sp³-hybridized carbons (Fsp3) is 0.800. The molecule has 80 valence electrons. The molecule has 4 nitrogen and oxygen atoms in total. The highest BCUT2D eigenvalue weighted by atomic mass is 16.5. The highest BCUT2D eigenvalue weighted by Gasteiger charge is 2.36. The quantitative estimate of drug-likeness (QED) is 0.636. The van der Waals surface area contributed by atoms with Gasteiger partial charge in [-0.25, -0.2) is 0 Å². The molecule has 0 aromatic carbocycles. The first-order valence-corrected chi connectivity index (χ1v) is 4.79. The van der Waals surface area contributed by atoms with E-state index >= 15 is 0 Å². The van der Waals surface area contributed by atoms with E-state index in [2.05, 4.69) is 4.74 Å². The molecule has 0 aliphatic carbocycles. The van der Waals surface area contributed by atoms with E-state index in [1.807, 2.05) is 13.8 Å². The van der Waals surface area contributed by atoms with Crippen LogP contribution in [0.25, 0.3) is 0 Å². The summed E-state index contributed by atoms with van der Waals surface area (Å²) >= 11 is 0. The monoisotopic (exact) mass is 200 g/mol. The summed E-state index contributed by atoms with van der Waals surface area (Å²) in [5.41, 5.74) is 0. The van der Waals surface area contributed by atoms with Gasteiger partial charge in [0.05, 0.1) is 19.6 Å². The van der Waals surface area contributed by atoms with E-state index in [4.69, 9.17) is 4.74 Å². The molecule has 4 heteroatoms. The largest absolute Gasteiger partial charge is 0.469 e. The molecule has 2 atom stereocenters. The van der Waals surface area contributed by atoms with Crippen molar-refractivity contribution in [3.05, 3.63) is 0 Å². The molecule has 1 fully saturated rings. The van der Waals surface area contributed by atoms with Crippen LogP contribution >= 0.6 is 0 Å². The molecule has 1 aliphatic heterocycles. The van der Waals surface area contributed by atoms with Crippen molar-refractivity contribution in [2.24, 2.45) is 5.92 Å². The molecule has 0 spiro atoms. The van der Waals surface area contributed by atoms with Gasteiger partial charge in [0.2, 0.25) is 0 Å². The smallest absolute Gasteiger partial charge is 0.308 e. The maximum Gasteiger partial charge on any atom is 0.308 e. The minimum absolute atomic E-state index is 0.00843. The van der Waals surface area contributed by atoms with Crippen LogP contribution in [-0.4, -0.2) is 31.1 Å². The van der Waals surface area contributed by atoms with E-state index in [0.717, 1.165) is 0 Å². The van der Waals surface area contributed by atoms with Crippen molar-refractivity contribution in [3.8, 4) is 0 Å². The zero-order valence-corrected chi connectivity index (χ0v) is 8.78. The summed E-state index contributed by atoms with van der Waals surface area (Å²) < 4.78 is 9.94. The van der Waals surface area contributed by atoms with Crippen molar-refractivity contribution in [2.45, 2.75) is 38.9 Å². The second-order valence-electron chi connectivity index (χ2n) is 3.86. The fourth-order valence-corrected chi connectivity index (χ4v) is 1.45. The van der Waals surface area contributed by atoms with Gasteiger partial charge in [-0.2, -0.15) is 0 Å². The number of ether oxygens (including phenoxy) is 2. The lowest BCUT2D eigenvalue weighted by atomic mass is 10.0. The Bertz CT molecular complexity index is 234. The summed E-state index contributed by atoms with van der Waals surface area (Å²) in [6.45, 7) is 4.00. The van der Waals surface area contributed by atoms with Gasteiger partial charge in [0.1, 0.15) is 6.10 Å². The van der Waals surface area contributed by atoms with Crippen LogP contribution in [-0.2, 0) is 19.1 Å². The Hall–Kier alpha value is -0.900. The second-order valence-corrected chi connectivity index (χ2v) is 3.86. The number of ketones is 1. The predicted octanol–water partition coefficient (Wildman–Crippen LogP) is 0.932. The van der Waals surface area contributed by atoms with E-state index in [9.17, 15) is 9.59 Å². The van der Waals surface area contributed by atoms with Gasteiger partial charge in [0, 0.05) is 6.42 Å². The molecule has 0 bridgehead atoms. The molecule has 0 amide bonds. The number of hydrogen-bond acceptors (Lipinski definition) is 4. The Labute approximate surface area is 83.6 Å². The number of esters is 1. The van der Waals surface area contributed by atoms with Crippen molar-refractivity contribution < 1.29 is 19.1 Å². The van der Waals surface area contributed by atoms with E-state index < -0.39 is 12.1 Å². The SMILES string of the molecule is COC(=O)C[C@@H]1O[C@H](C(C)C)CC1=O. The van der Waals surface area contributed by atoms with Crippen molar-refractivity contribution in [3.63, 3.8) is 0 Å². The summed E-state index contributed by atoms with van der Waals surface area (Å²) in [5.74, 6) is -0.0801. The first kappa shape index (κ1) is 11.2. The van der Waals surface area contributed by atoms with Crippen LogP contribution in [0, 0.1) is 5.92 Å². The van der Waals surface area contributed by atoms with Gasteiger partial charge in [-0.05, 0) is 5.92 Å². The number of carbonyl (C=O) groups excluding carboxylic acids is 2. The summed E-state index contributed by atoms with van der Waals surface area (Å²) in [4.78, 5) is 22.3. The molecule has 0 radical (unpaired) electrons. The molecule has 1 aliphatic rings. The van der Waals surface area contributed by atoms with Crippen molar-refractivity contribution in [1.29, 1.82) is 0 Å². The Kier molecular flexibility index (Phi) is 3.63. The van der Waals surface area contributed by atoms with Gasteiger partial charge in [-0.15, -0.1) is 0 Å². The zero-order chi connectivity index (χ0) is 10.7. The van der Waals surface area contributed by atoms with Crippen LogP contribution in [0.5, 0.6) is 0 Å². The lowest BCUT2D eigenvalue weighted by Gasteiger charge is -2.14. The van der Waals surface area contributed by atoms with Crippen molar-refractivity contribution in [2.75, 3.05) is 7.11 Å². The normalized spacial score (nSPS) is 27.0. The number of methoxy groups -OCH3 is 1. The predicted molar refractivity (Wildman–Crippen MR) is 49.8 cm³/mol. The average Bonchev–Trinajstić information content (AvgIpc) is 2.48. The Morgan fingerprint density at radius 2 is 2.29 bits per heavy atom. The molecule has 0 saturated carbocycles. The highest BCUT2D eigenvalue weighted by Crippen LogP contribution is 2.24. The van der Waals surface area contributed by atoms with Crippen LogP contribution in [0.3, 0.4) is 0 Å². The number of carbonyl (C=O) groups is 2. The van der Waals surface area contributed by atoms with Crippen LogP contribution in [0.15, 0.2) is 0 Å². The maximum atomic E-state index is 11.4. The molecule has 0 aromatic rings. The van der Waals surface area contributed by atoms with Gasteiger partial charge < -0.3 is 9.47 Å². The number of rotatable bonds is 3. The Morgan fingerprint density at radius 1 is 1.64 bits per heavy atom. The Morgan fingerprint density at radius 3 is 2.71 bits per heavy atom.